The number of carbonyl (C=O) groups is 2. The van der Waals surface area contributed by atoms with Crippen molar-refractivity contribution in [3.05, 3.63) is 12.2 Å². The average Bonchev–Trinajstić information content (AvgIpc) is 2.02. The van der Waals surface area contributed by atoms with Gasteiger partial charge < -0.3 is 10.6 Å². The first-order chi connectivity index (χ1) is 5.70. The molecule has 0 aliphatic heterocycles. The van der Waals surface area contributed by atoms with E-state index in [-0.39, 0.29) is 18.4 Å². The second kappa shape index (κ2) is 6.39. The summed E-state index contributed by atoms with van der Waals surface area (Å²) in [6.07, 6.45) is 2.99. The second-order valence-corrected chi connectivity index (χ2v) is 2.17. The molecule has 0 aromatic carbocycles. The van der Waals surface area contributed by atoms with E-state index in [1.54, 1.807) is 13.0 Å². The van der Waals surface area contributed by atoms with Crippen LogP contribution >= 0.6 is 0 Å². The first kappa shape index (κ1) is 10.7. The van der Waals surface area contributed by atoms with Crippen LogP contribution in [0.5, 0.6) is 0 Å². The van der Waals surface area contributed by atoms with Gasteiger partial charge in [0.05, 0.1) is 6.54 Å². The molecule has 4 heteroatoms. The number of allylic oxidation sites excluding steroid dienone is 1. The van der Waals surface area contributed by atoms with Gasteiger partial charge >= 0.3 is 0 Å². The molecule has 12 heavy (non-hydrogen) atoms. The maximum atomic E-state index is 10.8. The highest BCUT2D eigenvalue weighted by Gasteiger charge is 1.99. The average molecular weight is 170 g/mol. The fourth-order valence-electron chi connectivity index (χ4n) is 0.637. The van der Waals surface area contributed by atoms with Gasteiger partial charge in [-0.05, 0) is 19.9 Å². The summed E-state index contributed by atoms with van der Waals surface area (Å²) in [5, 5.41) is 5.00. The zero-order chi connectivity index (χ0) is 9.40. The Bertz CT molecular complexity index is 187. The highest BCUT2D eigenvalue weighted by molar-refractivity contribution is 5.91. The normalized spacial score (nSPS) is 9.83. The lowest BCUT2D eigenvalue weighted by atomic mass is 10.4. The molecule has 0 aromatic rings. The smallest absolute Gasteiger partial charge is 0.244 e. The Morgan fingerprint density at radius 2 is 2.00 bits per heavy atom. The minimum Gasteiger partial charge on any atom is -0.355 e. The minimum absolute atomic E-state index is 0.0387. The van der Waals surface area contributed by atoms with Gasteiger partial charge in [0.25, 0.3) is 0 Å². The molecule has 0 spiro atoms. The van der Waals surface area contributed by atoms with E-state index in [0.29, 0.717) is 6.54 Å². The molecule has 0 saturated carbocycles. The zero-order valence-electron chi connectivity index (χ0n) is 7.39. The molecule has 0 fully saturated rings. The Labute approximate surface area is 72.0 Å². The molecule has 0 radical (unpaired) electrons. The molecule has 0 aromatic heterocycles. The highest BCUT2D eigenvalue weighted by Crippen LogP contribution is 1.71. The molecule has 2 N–H and O–H groups in total. The summed E-state index contributed by atoms with van der Waals surface area (Å²) in [5.74, 6) is -0.417. The van der Waals surface area contributed by atoms with Crippen LogP contribution in [0.15, 0.2) is 12.2 Å². The fourth-order valence-corrected chi connectivity index (χ4v) is 0.637. The molecule has 0 unspecified atom stereocenters. The molecule has 0 aliphatic rings. The molecule has 68 valence electrons. The Morgan fingerprint density at radius 3 is 2.50 bits per heavy atom. The molecule has 2 amide bonds. The number of amides is 2. The van der Waals surface area contributed by atoms with Crippen molar-refractivity contribution in [1.29, 1.82) is 0 Å². The lowest BCUT2D eigenvalue weighted by Gasteiger charge is -2.01. The van der Waals surface area contributed by atoms with E-state index in [0.717, 1.165) is 0 Å². The number of rotatable bonds is 4. The molecule has 0 atom stereocenters. The van der Waals surface area contributed by atoms with Gasteiger partial charge in [-0.15, -0.1) is 0 Å². The molecule has 0 bridgehead atoms. The van der Waals surface area contributed by atoms with Crippen molar-refractivity contribution in [2.75, 3.05) is 13.1 Å². The van der Waals surface area contributed by atoms with Crippen LogP contribution in [0, 0.1) is 0 Å². The van der Waals surface area contributed by atoms with Crippen LogP contribution in [0.25, 0.3) is 0 Å². The van der Waals surface area contributed by atoms with Crippen LogP contribution in [0.1, 0.15) is 13.8 Å². The van der Waals surface area contributed by atoms with E-state index in [1.807, 2.05) is 6.92 Å². The number of likely N-dealkylation sites (N-methyl/N-ethyl adjacent to an activating group) is 1. The van der Waals surface area contributed by atoms with Crippen LogP contribution in [0.2, 0.25) is 0 Å². The van der Waals surface area contributed by atoms with E-state index in [1.165, 1.54) is 6.08 Å². The zero-order valence-corrected chi connectivity index (χ0v) is 7.39. The molecule has 4 nitrogen and oxygen atoms in total. The van der Waals surface area contributed by atoms with E-state index in [2.05, 4.69) is 10.6 Å². The Kier molecular flexibility index (Phi) is 5.69. The summed E-state index contributed by atoms with van der Waals surface area (Å²) in [6, 6.07) is 0. The quantitative estimate of drug-likeness (QED) is 0.575. The third-order valence-electron chi connectivity index (χ3n) is 1.12. The topological polar surface area (TPSA) is 58.2 Å². The largest absolute Gasteiger partial charge is 0.355 e. The number of nitrogens with one attached hydrogen (secondary N) is 2. The molecular weight excluding hydrogens is 156 g/mol. The highest BCUT2D eigenvalue weighted by atomic mass is 16.2. The Balaban J connectivity index is 3.54. The van der Waals surface area contributed by atoms with Crippen LogP contribution in [0.3, 0.4) is 0 Å². The SMILES string of the molecule is CC=CC(=O)NCC(=O)NCC. The third-order valence-corrected chi connectivity index (χ3v) is 1.12. The number of carbonyl (C=O) groups excluding carboxylic acids is 2. The maximum Gasteiger partial charge on any atom is 0.244 e. The fraction of sp³-hybridized carbons (Fsp3) is 0.500. The summed E-state index contributed by atoms with van der Waals surface area (Å²) in [4.78, 5) is 21.6. The van der Waals surface area contributed by atoms with Crippen LogP contribution < -0.4 is 10.6 Å². The van der Waals surface area contributed by atoms with Gasteiger partial charge in [-0.3, -0.25) is 9.59 Å². The van der Waals surface area contributed by atoms with Gasteiger partial charge in [-0.25, -0.2) is 0 Å². The predicted octanol–water partition coefficient (Wildman–Crippen LogP) is -0.185. The number of hydrogen-bond acceptors (Lipinski definition) is 2. The van der Waals surface area contributed by atoms with Crippen molar-refractivity contribution in [1.82, 2.24) is 10.6 Å². The van der Waals surface area contributed by atoms with Crippen molar-refractivity contribution >= 4 is 11.8 Å². The van der Waals surface area contributed by atoms with Gasteiger partial charge in [0.2, 0.25) is 11.8 Å². The van der Waals surface area contributed by atoms with Crippen LogP contribution in [-0.2, 0) is 9.59 Å². The first-order valence-corrected chi connectivity index (χ1v) is 3.88. The molecule has 0 heterocycles. The van der Waals surface area contributed by atoms with Crippen molar-refractivity contribution in [3.63, 3.8) is 0 Å². The molecule has 0 aliphatic carbocycles. The maximum absolute atomic E-state index is 10.8. The van der Waals surface area contributed by atoms with Crippen molar-refractivity contribution in [2.45, 2.75) is 13.8 Å². The van der Waals surface area contributed by atoms with E-state index >= 15 is 0 Å². The summed E-state index contributed by atoms with van der Waals surface area (Å²) in [5.41, 5.74) is 0. The first-order valence-electron chi connectivity index (χ1n) is 3.88. The van der Waals surface area contributed by atoms with Crippen molar-refractivity contribution in [3.8, 4) is 0 Å². The standard InChI is InChI=1S/C8H14N2O2/c1-3-5-7(11)10-6-8(12)9-4-2/h3,5H,4,6H2,1-2H3,(H,9,12)(H,10,11). The Morgan fingerprint density at radius 1 is 1.33 bits per heavy atom. The monoisotopic (exact) mass is 170 g/mol. The van der Waals surface area contributed by atoms with Gasteiger partial charge in [0, 0.05) is 6.54 Å². The number of hydrogen-bond donors (Lipinski definition) is 2. The van der Waals surface area contributed by atoms with E-state index < -0.39 is 0 Å². The van der Waals surface area contributed by atoms with Crippen LogP contribution in [0.4, 0.5) is 0 Å². The Hall–Kier alpha value is -1.32. The van der Waals surface area contributed by atoms with Crippen molar-refractivity contribution < 1.29 is 9.59 Å². The minimum atomic E-state index is -0.247. The summed E-state index contributed by atoms with van der Waals surface area (Å²) in [6.45, 7) is 4.19. The van der Waals surface area contributed by atoms with E-state index in [9.17, 15) is 9.59 Å². The van der Waals surface area contributed by atoms with Crippen molar-refractivity contribution in [2.24, 2.45) is 0 Å². The van der Waals surface area contributed by atoms with Crippen LogP contribution in [-0.4, -0.2) is 24.9 Å². The lowest BCUT2D eigenvalue weighted by Crippen LogP contribution is -2.35. The van der Waals surface area contributed by atoms with E-state index in [4.69, 9.17) is 0 Å². The van der Waals surface area contributed by atoms with Gasteiger partial charge in [0.15, 0.2) is 0 Å². The summed E-state index contributed by atoms with van der Waals surface area (Å²) < 4.78 is 0. The van der Waals surface area contributed by atoms with Gasteiger partial charge in [0.1, 0.15) is 0 Å². The third kappa shape index (κ3) is 5.46. The lowest BCUT2D eigenvalue weighted by molar-refractivity contribution is -0.123. The predicted molar refractivity (Wildman–Crippen MR) is 46.5 cm³/mol. The van der Waals surface area contributed by atoms with Gasteiger partial charge in [-0.2, -0.15) is 0 Å². The van der Waals surface area contributed by atoms with Gasteiger partial charge in [-0.1, -0.05) is 6.08 Å². The molecule has 0 rings (SSSR count). The molecule has 0 saturated heterocycles. The second-order valence-electron chi connectivity index (χ2n) is 2.17. The summed E-state index contributed by atoms with van der Waals surface area (Å²) in [7, 11) is 0. The molecular formula is C8H14N2O2. The summed E-state index contributed by atoms with van der Waals surface area (Å²) >= 11 is 0.